The fourth-order valence-electron chi connectivity index (χ4n) is 3.24. The van der Waals surface area contributed by atoms with Crippen molar-refractivity contribution in [3.63, 3.8) is 0 Å². The summed E-state index contributed by atoms with van der Waals surface area (Å²) in [5.74, 6) is 0.355. The van der Waals surface area contributed by atoms with Crippen LogP contribution in [0.3, 0.4) is 0 Å². The highest BCUT2D eigenvalue weighted by Gasteiger charge is 2.35. The molecule has 2 aliphatic heterocycles. The third-order valence-corrected chi connectivity index (χ3v) is 6.76. The Labute approximate surface area is 149 Å². The van der Waals surface area contributed by atoms with Crippen LogP contribution in [0.4, 0.5) is 4.39 Å². The predicted molar refractivity (Wildman–Crippen MR) is 95.9 cm³/mol. The molecule has 1 aromatic carbocycles. The first kappa shape index (κ1) is 16.1. The number of likely N-dealkylation sites (tertiary alicyclic amines) is 1. The van der Waals surface area contributed by atoms with Gasteiger partial charge >= 0.3 is 0 Å². The first-order valence-corrected chi connectivity index (χ1v) is 10.0. The van der Waals surface area contributed by atoms with Crippen molar-refractivity contribution >= 4 is 29.0 Å². The Morgan fingerprint density at radius 2 is 2.04 bits per heavy atom. The van der Waals surface area contributed by atoms with E-state index in [4.69, 9.17) is 0 Å². The minimum atomic E-state index is -0.244. The summed E-state index contributed by atoms with van der Waals surface area (Å²) in [4.78, 5) is 19.2. The van der Waals surface area contributed by atoms with Gasteiger partial charge in [0.15, 0.2) is 0 Å². The van der Waals surface area contributed by atoms with Crippen molar-refractivity contribution in [3.8, 4) is 0 Å². The van der Waals surface area contributed by atoms with Crippen LogP contribution in [0.25, 0.3) is 0 Å². The number of fused-ring (bicyclic) bond motifs is 1. The van der Waals surface area contributed by atoms with Crippen LogP contribution in [0.15, 0.2) is 40.6 Å². The maximum Gasteiger partial charge on any atom is 0.233 e. The molecule has 1 amide bonds. The monoisotopic (exact) mass is 362 g/mol. The molecule has 0 radical (unpaired) electrons. The molecule has 0 N–H and O–H groups in total. The lowest BCUT2D eigenvalue weighted by Crippen LogP contribution is -2.61. The number of thioether (sulfide) groups is 1. The zero-order valence-electron chi connectivity index (χ0n) is 13.3. The van der Waals surface area contributed by atoms with E-state index in [-0.39, 0.29) is 11.7 Å². The van der Waals surface area contributed by atoms with Crippen LogP contribution in [0, 0.1) is 5.82 Å². The smallest absolute Gasteiger partial charge is 0.233 e. The van der Waals surface area contributed by atoms with Crippen molar-refractivity contribution in [2.24, 2.45) is 0 Å². The minimum absolute atomic E-state index is 0.175. The molecule has 24 heavy (non-hydrogen) atoms. The molecule has 1 aromatic heterocycles. The molecule has 3 heterocycles. The Morgan fingerprint density at radius 1 is 1.25 bits per heavy atom. The number of thiophene rings is 1. The van der Waals surface area contributed by atoms with Gasteiger partial charge in [0.25, 0.3) is 0 Å². The molecule has 2 aromatic rings. The molecule has 3 nitrogen and oxygen atoms in total. The number of rotatable bonds is 4. The number of benzene rings is 1. The Balaban J connectivity index is 1.24. The number of amides is 1. The molecular formula is C18H19FN2OS2. The number of hydrogen-bond acceptors (Lipinski definition) is 4. The molecular weight excluding hydrogens is 343 g/mol. The van der Waals surface area contributed by atoms with Gasteiger partial charge in [0.1, 0.15) is 5.82 Å². The zero-order valence-corrected chi connectivity index (χ0v) is 14.9. The van der Waals surface area contributed by atoms with E-state index >= 15 is 0 Å². The molecule has 6 heteroatoms. The average molecular weight is 362 g/mol. The van der Waals surface area contributed by atoms with Crippen LogP contribution in [0.5, 0.6) is 0 Å². The van der Waals surface area contributed by atoms with E-state index in [9.17, 15) is 9.18 Å². The summed E-state index contributed by atoms with van der Waals surface area (Å²) >= 11 is 3.33. The third-order valence-electron chi connectivity index (χ3n) is 4.74. The first-order valence-electron chi connectivity index (χ1n) is 8.14. The van der Waals surface area contributed by atoms with Crippen LogP contribution in [0.2, 0.25) is 0 Å². The highest BCUT2D eigenvalue weighted by Crippen LogP contribution is 2.28. The average Bonchev–Trinajstić information content (AvgIpc) is 3.01. The molecule has 4 rings (SSSR count). The lowest BCUT2D eigenvalue weighted by Gasteiger charge is -2.46. The van der Waals surface area contributed by atoms with Gasteiger partial charge in [-0.05, 0) is 47.7 Å². The summed E-state index contributed by atoms with van der Waals surface area (Å²) in [5.41, 5.74) is 1.46. The third kappa shape index (κ3) is 3.36. The van der Waals surface area contributed by atoms with E-state index in [0.29, 0.717) is 11.8 Å². The Bertz CT molecular complexity index is 725. The number of hydrogen-bond donors (Lipinski definition) is 0. The van der Waals surface area contributed by atoms with Crippen LogP contribution >= 0.6 is 23.1 Å². The van der Waals surface area contributed by atoms with Crippen LogP contribution in [-0.4, -0.2) is 47.1 Å². The second-order valence-corrected chi connectivity index (χ2v) is 8.33. The lowest BCUT2D eigenvalue weighted by molar-refractivity contribution is -0.135. The van der Waals surface area contributed by atoms with Crippen LogP contribution in [0.1, 0.15) is 10.4 Å². The Hall–Kier alpha value is -1.37. The predicted octanol–water partition coefficient (Wildman–Crippen LogP) is 3.25. The molecule has 126 valence electrons. The first-order chi connectivity index (χ1) is 11.7. The summed E-state index contributed by atoms with van der Waals surface area (Å²) in [7, 11) is 0. The van der Waals surface area contributed by atoms with E-state index in [2.05, 4.69) is 16.3 Å². The Morgan fingerprint density at radius 3 is 2.83 bits per heavy atom. The summed E-state index contributed by atoms with van der Waals surface area (Å²) < 4.78 is 12.9. The molecule has 1 fully saturated rings. The van der Waals surface area contributed by atoms with Gasteiger partial charge in [-0.25, -0.2) is 4.39 Å². The van der Waals surface area contributed by atoms with E-state index in [1.54, 1.807) is 12.1 Å². The molecule has 2 aliphatic rings. The molecule has 1 saturated heterocycles. The number of nitrogens with zero attached hydrogens (tertiary/aromatic N) is 2. The summed E-state index contributed by atoms with van der Waals surface area (Å²) in [6.45, 7) is 3.80. The van der Waals surface area contributed by atoms with Gasteiger partial charge in [0.2, 0.25) is 5.91 Å². The topological polar surface area (TPSA) is 23.6 Å². The van der Waals surface area contributed by atoms with E-state index in [1.807, 2.05) is 16.2 Å². The van der Waals surface area contributed by atoms with Crippen molar-refractivity contribution < 1.29 is 9.18 Å². The maximum absolute atomic E-state index is 12.9. The largest absolute Gasteiger partial charge is 0.339 e. The fourth-order valence-corrected chi connectivity index (χ4v) is 4.93. The van der Waals surface area contributed by atoms with Gasteiger partial charge in [-0.1, -0.05) is 0 Å². The second kappa shape index (κ2) is 6.86. The van der Waals surface area contributed by atoms with Crippen molar-refractivity contribution in [3.05, 3.63) is 52.0 Å². The normalized spacial score (nSPS) is 18.3. The number of carbonyl (C=O) groups is 1. The van der Waals surface area contributed by atoms with Gasteiger partial charge < -0.3 is 4.90 Å². The van der Waals surface area contributed by atoms with E-state index in [1.165, 1.54) is 34.3 Å². The standard InChI is InChI=1S/C18H19FN2OS2/c19-14-1-3-16(4-2-14)24-12-18(22)21-10-15(11-21)20-7-5-17-13(9-20)6-8-23-17/h1-4,6,8,15H,5,7,9-12H2. The van der Waals surface area contributed by atoms with Gasteiger partial charge in [-0.2, -0.15) is 0 Å². The van der Waals surface area contributed by atoms with Crippen LogP contribution < -0.4 is 0 Å². The lowest BCUT2D eigenvalue weighted by atomic mass is 10.0. The molecule has 0 aliphatic carbocycles. The molecule has 0 saturated carbocycles. The number of halogens is 1. The summed E-state index contributed by atoms with van der Waals surface area (Å²) in [6.07, 6.45) is 1.14. The van der Waals surface area contributed by atoms with E-state index in [0.717, 1.165) is 37.5 Å². The van der Waals surface area contributed by atoms with Crippen molar-refractivity contribution in [2.45, 2.75) is 23.9 Å². The van der Waals surface area contributed by atoms with Crippen LogP contribution in [-0.2, 0) is 17.8 Å². The van der Waals surface area contributed by atoms with E-state index < -0.39 is 0 Å². The Kier molecular flexibility index (Phi) is 4.61. The number of carbonyl (C=O) groups excluding carboxylic acids is 1. The molecule has 0 bridgehead atoms. The summed E-state index contributed by atoms with van der Waals surface area (Å²) in [6, 6.07) is 9.03. The molecule has 0 atom stereocenters. The van der Waals surface area contributed by atoms with Crippen molar-refractivity contribution in [1.29, 1.82) is 0 Å². The van der Waals surface area contributed by atoms with Crippen molar-refractivity contribution in [2.75, 3.05) is 25.4 Å². The van der Waals surface area contributed by atoms with Gasteiger partial charge in [0.05, 0.1) is 5.75 Å². The zero-order chi connectivity index (χ0) is 16.5. The highest BCUT2D eigenvalue weighted by atomic mass is 32.2. The second-order valence-electron chi connectivity index (χ2n) is 6.28. The SMILES string of the molecule is O=C(CSc1ccc(F)cc1)N1CC(N2CCc3sccc3C2)C1. The van der Waals surface area contributed by atoms with Gasteiger partial charge in [-0.15, -0.1) is 23.1 Å². The quantitative estimate of drug-likeness (QED) is 0.780. The highest BCUT2D eigenvalue weighted by molar-refractivity contribution is 8.00. The maximum atomic E-state index is 12.9. The molecule has 0 unspecified atom stereocenters. The van der Waals surface area contributed by atoms with Gasteiger partial charge in [-0.3, -0.25) is 9.69 Å². The fraction of sp³-hybridized carbons (Fsp3) is 0.389. The molecule has 0 spiro atoms. The van der Waals surface area contributed by atoms with Crippen molar-refractivity contribution in [1.82, 2.24) is 9.80 Å². The minimum Gasteiger partial charge on any atom is -0.339 e. The summed E-state index contributed by atoms with van der Waals surface area (Å²) in [5, 5.41) is 2.18. The van der Waals surface area contributed by atoms with Gasteiger partial charge in [0, 0.05) is 42.0 Å².